The summed E-state index contributed by atoms with van der Waals surface area (Å²) >= 11 is 0. The van der Waals surface area contributed by atoms with Crippen LogP contribution in [0.2, 0.25) is 0 Å². The van der Waals surface area contributed by atoms with Gasteiger partial charge in [-0.3, -0.25) is 15.1 Å². The lowest BCUT2D eigenvalue weighted by Gasteiger charge is -2.37. The van der Waals surface area contributed by atoms with Gasteiger partial charge in [-0.15, -0.1) is 0 Å². The number of carboxylic acid groups (broad SMARTS) is 1. The SMILES string of the molecule is CC(C)(C)C1[C@H](CNc2ccncc2[N+](=O)[O-])CCN1C(=O)O. The smallest absolute Gasteiger partial charge is 0.407 e. The predicted molar refractivity (Wildman–Crippen MR) is 85.5 cm³/mol. The van der Waals surface area contributed by atoms with Crippen LogP contribution < -0.4 is 5.32 Å². The maximum absolute atomic E-state index is 11.4. The fourth-order valence-corrected chi connectivity index (χ4v) is 3.38. The van der Waals surface area contributed by atoms with Crippen LogP contribution in [0.25, 0.3) is 0 Å². The number of likely N-dealkylation sites (tertiary alicyclic amines) is 1. The fourth-order valence-electron chi connectivity index (χ4n) is 3.38. The summed E-state index contributed by atoms with van der Waals surface area (Å²) in [6.07, 6.45) is 2.53. The van der Waals surface area contributed by atoms with Gasteiger partial charge in [0.05, 0.1) is 4.92 Å². The maximum Gasteiger partial charge on any atom is 0.407 e. The van der Waals surface area contributed by atoms with Crippen LogP contribution in [-0.4, -0.2) is 45.1 Å². The van der Waals surface area contributed by atoms with Gasteiger partial charge in [0, 0.05) is 25.3 Å². The van der Waals surface area contributed by atoms with Crippen LogP contribution in [0.4, 0.5) is 16.2 Å². The second kappa shape index (κ2) is 6.39. The molecule has 1 aliphatic rings. The highest BCUT2D eigenvalue weighted by Gasteiger charge is 2.43. The van der Waals surface area contributed by atoms with Gasteiger partial charge in [0.2, 0.25) is 0 Å². The lowest BCUT2D eigenvalue weighted by molar-refractivity contribution is -0.384. The first kappa shape index (κ1) is 17.0. The Bertz CT molecular complexity index is 599. The van der Waals surface area contributed by atoms with Crippen LogP contribution >= 0.6 is 0 Å². The summed E-state index contributed by atoms with van der Waals surface area (Å²) in [7, 11) is 0. The Morgan fingerprint density at radius 2 is 2.26 bits per heavy atom. The Kier molecular flexibility index (Phi) is 4.72. The van der Waals surface area contributed by atoms with Gasteiger partial charge in [-0.1, -0.05) is 20.8 Å². The number of rotatable bonds is 4. The molecule has 0 radical (unpaired) electrons. The highest BCUT2D eigenvalue weighted by molar-refractivity contribution is 5.66. The molecule has 8 heteroatoms. The van der Waals surface area contributed by atoms with E-state index in [0.717, 1.165) is 6.42 Å². The molecule has 8 nitrogen and oxygen atoms in total. The average Bonchev–Trinajstić information content (AvgIpc) is 2.89. The second-order valence-corrected chi connectivity index (χ2v) is 6.87. The molecule has 0 spiro atoms. The van der Waals surface area contributed by atoms with Gasteiger partial charge in [0.1, 0.15) is 11.9 Å². The van der Waals surface area contributed by atoms with Gasteiger partial charge in [-0.2, -0.15) is 0 Å². The van der Waals surface area contributed by atoms with E-state index < -0.39 is 11.0 Å². The van der Waals surface area contributed by atoms with Gasteiger partial charge >= 0.3 is 11.8 Å². The number of pyridine rings is 1. The Morgan fingerprint density at radius 1 is 1.57 bits per heavy atom. The third kappa shape index (κ3) is 3.69. The van der Waals surface area contributed by atoms with Gasteiger partial charge in [-0.25, -0.2) is 4.79 Å². The molecule has 126 valence electrons. The molecule has 2 rings (SSSR count). The quantitative estimate of drug-likeness (QED) is 0.651. The lowest BCUT2D eigenvalue weighted by Crippen LogP contribution is -2.46. The number of nitro groups is 1. The monoisotopic (exact) mass is 322 g/mol. The average molecular weight is 322 g/mol. The first-order valence-electron chi connectivity index (χ1n) is 7.53. The van der Waals surface area contributed by atoms with Crippen LogP contribution in [0.1, 0.15) is 27.2 Å². The van der Waals surface area contributed by atoms with E-state index in [1.807, 2.05) is 20.8 Å². The highest BCUT2D eigenvalue weighted by Crippen LogP contribution is 2.37. The molecule has 2 atom stereocenters. The number of carbonyl (C=O) groups is 1. The zero-order valence-electron chi connectivity index (χ0n) is 13.5. The first-order chi connectivity index (χ1) is 10.7. The van der Waals surface area contributed by atoms with E-state index in [2.05, 4.69) is 10.3 Å². The molecule has 23 heavy (non-hydrogen) atoms. The van der Waals surface area contributed by atoms with E-state index in [4.69, 9.17) is 0 Å². The normalized spacial score (nSPS) is 21.3. The fraction of sp³-hybridized carbons (Fsp3) is 0.600. The van der Waals surface area contributed by atoms with Crippen molar-refractivity contribution in [3.63, 3.8) is 0 Å². The zero-order chi connectivity index (χ0) is 17.2. The number of anilines is 1. The van der Waals surface area contributed by atoms with Gasteiger partial charge in [-0.05, 0) is 23.8 Å². The Morgan fingerprint density at radius 3 is 2.83 bits per heavy atom. The molecule has 2 heterocycles. The van der Waals surface area contributed by atoms with Crippen molar-refractivity contribution in [2.24, 2.45) is 11.3 Å². The second-order valence-electron chi connectivity index (χ2n) is 6.87. The molecule has 1 aromatic heterocycles. The summed E-state index contributed by atoms with van der Waals surface area (Å²) in [6, 6.07) is 1.43. The van der Waals surface area contributed by atoms with Crippen LogP contribution in [0.5, 0.6) is 0 Å². The van der Waals surface area contributed by atoms with E-state index in [1.165, 1.54) is 17.3 Å². The molecule has 1 aliphatic heterocycles. The Balaban J connectivity index is 2.14. The number of amides is 1. The molecule has 1 fully saturated rings. The van der Waals surface area contributed by atoms with Gasteiger partial charge in [0.25, 0.3) is 0 Å². The summed E-state index contributed by atoms with van der Waals surface area (Å²) in [4.78, 5) is 27.2. The van der Waals surface area contributed by atoms with E-state index in [0.29, 0.717) is 18.8 Å². The molecular formula is C15H22N4O4. The van der Waals surface area contributed by atoms with Gasteiger partial charge < -0.3 is 15.3 Å². The molecule has 1 saturated heterocycles. The molecule has 0 saturated carbocycles. The van der Waals surface area contributed by atoms with Gasteiger partial charge in [0.15, 0.2) is 0 Å². The Hall–Kier alpha value is -2.38. The largest absolute Gasteiger partial charge is 0.465 e. The molecule has 0 bridgehead atoms. The molecule has 1 aromatic rings. The maximum atomic E-state index is 11.4. The summed E-state index contributed by atoms with van der Waals surface area (Å²) in [5.74, 6) is 0.0962. The molecular weight excluding hydrogens is 300 g/mol. The molecule has 1 amide bonds. The minimum Gasteiger partial charge on any atom is -0.465 e. The Labute approximate surface area is 134 Å². The number of aromatic nitrogens is 1. The van der Waals surface area contributed by atoms with Crippen molar-refractivity contribution in [2.75, 3.05) is 18.4 Å². The number of nitrogens with one attached hydrogen (secondary N) is 1. The third-order valence-electron chi connectivity index (χ3n) is 4.21. The van der Waals surface area contributed by atoms with Crippen molar-refractivity contribution in [3.05, 3.63) is 28.6 Å². The van der Waals surface area contributed by atoms with E-state index >= 15 is 0 Å². The van der Waals surface area contributed by atoms with Crippen molar-refractivity contribution >= 4 is 17.5 Å². The third-order valence-corrected chi connectivity index (χ3v) is 4.21. The number of hydrogen-bond donors (Lipinski definition) is 2. The van der Waals surface area contributed by atoms with E-state index in [-0.39, 0.29) is 23.1 Å². The summed E-state index contributed by atoms with van der Waals surface area (Å²) in [5.41, 5.74) is 0.130. The van der Waals surface area contributed by atoms with Crippen molar-refractivity contribution in [3.8, 4) is 0 Å². The minimum atomic E-state index is -0.915. The predicted octanol–water partition coefficient (Wildman–Crippen LogP) is 2.82. The molecule has 2 N–H and O–H groups in total. The summed E-state index contributed by atoms with van der Waals surface area (Å²) in [5, 5.41) is 23.5. The number of hydrogen-bond acceptors (Lipinski definition) is 5. The van der Waals surface area contributed by atoms with Crippen LogP contribution in [-0.2, 0) is 0 Å². The van der Waals surface area contributed by atoms with Crippen molar-refractivity contribution in [2.45, 2.75) is 33.2 Å². The zero-order valence-corrected chi connectivity index (χ0v) is 13.5. The van der Waals surface area contributed by atoms with Crippen LogP contribution in [0, 0.1) is 21.4 Å². The topological polar surface area (TPSA) is 109 Å². The molecule has 0 aromatic carbocycles. The van der Waals surface area contributed by atoms with E-state index in [9.17, 15) is 20.0 Å². The van der Waals surface area contributed by atoms with Crippen molar-refractivity contribution in [1.29, 1.82) is 0 Å². The van der Waals surface area contributed by atoms with Crippen molar-refractivity contribution < 1.29 is 14.8 Å². The highest BCUT2D eigenvalue weighted by atomic mass is 16.6. The molecule has 1 unspecified atom stereocenters. The minimum absolute atomic E-state index is 0.0760. The molecule has 0 aliphatic carbocycles. The lowest BCUT2D eigenvalue weighted by atomic mass is 9.79. The number of nitrogens with zero attached hydrogens (tertiary/aromatic N) is 3. The van der Waals surface area contributed by atoms with E-state index in [1.54, 1.807) is 6.07 Å². The van der Waals surface area contributed by atoms with Crippen LogP contribution in [0.15, 0.2) is 18.5 Å². The first-order valence-corrected chi connectivity index (χ1v) is 7.53. The summed E-state index contributed by atoms with van der Waals surface area (Å²) < 4.78 is 0. The van der Waals surface area contributed by atoms with Crippen molar-refractivity contribution in [1.82, 2.24) is 9.88 Å². The standard InChI is InChI=1S/C15H22N4O4/c1-15(2,3)13-10(5-7-18(13)14(20)21)8-17-11-4-6-16-9-12(11)19(22)23/h4,6,9-10,13H,5,7-8H2,1-3H3,(H,16,17)(H,20,21)/t10-,13?/m0/s1. The van der Waals surface area contributed by atoms with Crippen LogP contribution in [0.3, 0.4) is 0 Å². The summed E-state index contributed by atoms with van der Waals surface area (Å²) in [6.45, 7) is 7.01.